The molecule has 0 radical (unpaired) electrons. The molecule has 0 aromatic carbocycles. The minimum atomic E-state index is -0.808. The molecule has 0 spiro atoms. The van der Waals surface area contributed by atoms with Gasteiger partial charge >= 0.3 is 5.97 Å². The zero-order valence-electron chi connectivity index (χ0n) is 15.6. The monoisotopic (exact) mass is 411 g/mol. The van der Waals surface area contributed by atoms with E-state index in [9.17, 15) is 14.4 Å². The number of amides is 1. The Kier molecular flexibility index (Phi) is 8.30. The van der Waals surface area contributed by atoms with E-state index in [1.54, 1.807) is 4.57 Å². The molecule has 7 nitrogen and oxygen atoms in total. The molecule has 1 amide bonds. The maximum absolute atomic E-state index is 12.8. The number of rotatable bonds is 11. The maximum atomic E-state index is 12.8. The molecule has 0 saturated heterocycles. The van der Waals surface area contributed by atoms with Crippen LogP contribution in [0.3, 0.4) is 0 Å². The standard InChI is InChI=1S/C18H25N3O4S2/c1-3-12(2)19-14(22)11-27-18-20-13-8-10-26-16(13)17(25)21(18)9-6-4-5-7-15(23)24/h8,10,12H,3-7,9,11H2,1-2H3,(H,19,22)(H,23,24). The summed E-state index contributed by atoms with van der Waals surface area (Å²) >= 11 is 2.62. The molecule has 2 aromatic rings. The number of fused-ring (bicyclic) bond motifs is 1. The molecule has 0 fully saturated rings. The first-order valence-corrected chi connectivity index (χ1v) is 10.9. The van der Waals surface area contributed by atoms with Crippen molar-refractivity contribution in [2.24, 2.45) is 0 Å². The average Bonchev–Trinajstić information content (AvgIpc) is 3.09. The Balaban J connectivity index is 2.09. The van der Waals surface area contributed by atoms with E-state index in [4.69, 9.17) is 5.11 Å². The Morgan fingerprint density at radius 3 is 2.85 bits per heavy atom. The van der Waals surface area contributed by atoms with Crippen molar-refractivity contribution in [3.63, 3.8) is 0 Å². The third-order valence-electron chi connectivity index (χ3n) is 4.16. The molecule has 2 N–H and O–H groups in total. The molecular weight excluding hydrogens is 386 g/mol. The molecule has 2 heterocycles. The van der Waals surface area contributed by atoms with Crippen molar-refractivity contribution < 1.29 is 14.7 Å². The number of aliphatic carboxylic acids is 1. The van der Waals surface area contributed by atoms with Gasteiger partial charge in [-0.3, -0.25) is 19.0 Å². The van der Waals surface area contributed by atoms with Crippen LogP contribution in [0.5, 0.6) is 0 Å². The van der Waals surface area contributed by atoms with E-state index >= 15 is 0 Å². The number of hydrogen-bond acceptors (Lipinski definition) is 6. The summed E-state index contributed by atoms with van der Waals surface area (Å²) in [5, 5.41) is 14.0. The summed E-state index contributed by atoms with van der Waals surface area (Å²) in [7, 11) is 0. The predicted octanol–water partition coefficient (Wildman–Crippen LogP) is 3.11. The zero-order chi connectivity index (χ0) is 19.8. The Morgan fingerprint density at radius 1 is 1.37 bits per heavy atom. The molecule has 1 unspecified atom stereocenters. The second-order valence-electron chi connectivity index (χ2n) is 6.36. The molecular formula is C18H25N3O4S2. The van der Waals surface area contributed by atoms with Crippen molar-refractivity contribution in [1.82, 2.24) is 14.9 Å². The molecule has 0 aliphatic carbocycles. The van der Waals surface area contributed by atoms with E-state index < -0.39 is 5.97 Å². The number of carbonyl (C=O) groups is 2. The van der Waals surface area contributed by atoms with Crippen LogP contribution in [0.4, 0.5) is 0 Å². The lowest BCUT2D eigenvalue weighted by atomic mass is 10.2. The van der Waals surface area contributed by atoms with Crippen molar-refractivity contribution in [2.45, 2.75) is 63.7 Å². The van der Waals surface area contributed by atoms with Gasteiger partial charge in [0.15, 0.2) is 5.16 Å². The van der Waals surface area contributed by atoms with Crippen molar-refractivity contribution >= 4 is 45.2 Å². The Hall–Kier alpha value is -1.87. The van der Waals surface area contributed by atoms with Gasteiger partial charge in [0.1, 0.15) is 4.70 Å². The Labute approximate surface area is 166 Å². The normalized spacial score (nSPS) is 12.2. The van der Waals surface area contributed by atoms with Gasteiger partial charge in [0, 0.05) is 19.0 Å². The van der Waals surface area contributed by atoms with Crippen LogP contribution in [0.2, 0.25) is 0 Å². The highest BCUT2D eigenvalue weighted by Gasteiger charge is 2.14. The lowest BCUT2D eigenvalue weighted by Crippen LogP contribution is -2.33. The molecule has 0 bridgehead atoms. The van der Waals surface area contributed by atoms with Crippen LogP contribution in [-0.2, 0) is 16.1 Å². The molecule has 0 saturated carbocycles. The number of thioether (sulfide) groups is 1. The lowest BCUT2D eigenvalue weighted by molar-refractivity contribution is -0.137. The fraction of sp³-hybridized carbons (Fsp3) is 0.556. The van der Waals surface area contributed by atoms with Crippen LogP contribution < -0.4 is 10.9 Å². The van der Waals surface area contributed by atoms with Crippen LogP contribution in [-0.4, -0.2) is 38.3 Å². The van der Waals surface area contributed by atoms with Crippen molar-refractivity contribution in [1.29, 1.82) is 0 Å². The summed E-state index contributed by atoms with van der Waals surface area (Å²) in [4.78, 5) is 40.0. The van der Waals surface area contributed by atoms with Crippen LogP contribution >= 0.6 is 23.1 Å². The fourth-order valence-electron chi connectivity index (χ4n) is 2.50. The first-order valence-electron chi connectivity index (χ1n) is 9.04. The number of thiophene rings is 1. The second kappa shape index (κ2) is 10.5. The Morgan fingerprint density at radius 2 is 2.15 bits per heavy atom. The SMILES string of the molecule is CCC(C)NC(=O)CSc1nc2ccsc2c(=O)n1CCCCCC(=O)O. The van der Waals surface area contributed by atoms with E-state index in [1.807, 2.05) is 25.3 Å². The minimum Gasteiger partial charge on any atom is -0.481 e. The maximum Gasteiger partial charge on any atom is 0.303 e. The number of nitrogens with zero attached hydrogens (tertiary/aromatic N) is 2. The topological polar surface area (TPSA) is 101 Å². The highest BCUT2D eigenvalue weighted by Crippen LogP contribution is 2.21. The predicted molar refractivity (Wildman–Crippen MR) is 109 cm³/mol. The largest absolute Gasteiger partial charge is 0.481 e. The van der Waals surface area contributed by atoms with Crippen LogP contribution in [0.15, 0.2) is 21.4 Å². The lowest BCUT2D eigenvalue weighted by Gasteiger charge is -2.13. The van der Waals surface area contributed by atoms with Gasteiger partial charge in [0.2, 0.25) is 5.91 Å². The molecule has 9 heteroatoms. The number of unbranched alkanes of at least 4 members (excludes halogenated alkanes) is 2. The van der Waals surface area contributed by atoms with Gasteiger partial charge in [-0.15, -0.1) is 11.3 Å². The summed E-state index contributed by atoms with van der Waals surface area (Å²) in [5.41, 5.74) is 0.551. The number of aromatic nitrogens is 2. The molecule has 27 heavy (non-hydrogen) atoms. The first kappa shape index (κ1) is 21.4. The van der Waals surface area contributed by atoms with E-state index in [2.05, 4.69) is 10.3 Å². The zero-order valence-corrected chi connectivity index (χ0v) is 17.2. The highest BCUT2D eigenvalue weighted by atomic mass is 32.2. The second-order valence-corrected chi connectivity index (χ2v) is 8.21. The van der Waals surface area contributed by atoms with Gasteiger partial charge in [-0.2, -0.15) is 0 Å². The van der Waals surface area contributed by atoms with E-state index in [1.165, 1.54) is 23.1 Å². The van der Waals surface area contributed by atoms with Gasteiger partial charge in [-0.1, -0.05) is 25.1 Å². The number of carboxylic acids is 1. The summed E-state index contributed by atoms with van der Waals surface area (Å²) in [6, 6.07) is 1.92. The Bertz CT molecular complexity index is 847. The van der Waals surface area contributed by atoms with Gasteiger partial charge < -0.3 is 10.4 Å². The summed E-state index contributed by atoms with van der Waals surface area (Å²) < 4.78 is 2.22. The number of carbonyl (C=O) groups excluding carboxylic acids is 1. The van der Waals surface area contributed by atoms with Gasteiger partial charge in [-0.05, 0) is 37.6 Å². The summed E-state index contributed by atoms with van der Waals surface area (Å²) in [6.07, 6.45) is 2.99. The van der Waals surface area contributed by atoms with E-state index in [-0.39, 0.29) is 29.7 Å². The van der Waals surface area contributed by atoms with Crippen molar-refractivity contribution in [3.05, 3.63) is 21.8 Å². The van der Waals surface area contributed by atoms with Crippen LogP contribution in [0.1, 0.15) is 46.0 Å². The van der Waals surface area contributed by atoms with Gasteiger partial charge in [0.05, 0.1) is 11.3 Å². The van der Waals surface area contributed by atoms with Crippen LogP contribution in [0.25, 0.3) is 10.2 Å². The number of hydrogen-bond donors (Lipinski definition) is 2. The molecule has 0 aliphatic rings. The van der Waals surface area contributed by atoms with Crippen molar-refractivity contribution in [3.8, 4) is 0 Å². The van der Waals surface area contributed by atoms with Gasteiger partial charge in [-0.25, -0.2) is 4.98 Å². The van der Waals surface area contributed by atoms with Crippen LogP contribution in [0, 0.1) is 0 Å². The number of nitrogens with one attached hydrogen (secondary N) is 1. The molecule has 0 aliphatic heterocycles. The third-order valence-corrected chi connectivity index (χ3v) is 6.02. The van der Waals surface area contributed by atoms with Crippen molar-refractivity contribution in [2.75, 3.05) is 5.75 Å². The van der Waals surface area contributed by atoms with E-state index in [0.29, 0.717) is 34.8 Å². The summed E-state index contributed by atoms with van der Waals surface area (Å²) in [5.74, 6) is -0.690. The van der Waals surface area contributed by atoms with Gasteiger partial charge in [0.25, 0.3) is 5.56 Å². The smallest absolute Gasteiger partial charge is 0.303 e. The fourth-order valence-corrected chi connectivity index (χ4v) is 4.12. The first-order chi connectivity index (χ1) is 12.9. The third kappa shape index (κ3) is 6.35. The minimum absolute atomic E-state index is 0.0815. The highest BCUT2D eigenvalue weighted by molar-refractivity contribution is 7.99. The molecule has 1 atom stereocenters. The molecule has 2 rings (SSSR count). The number of carboxylic acid groups (broad SMARTS) is 1. The quantitative estimate of drug-likeness (QED) is 0.335. The molecule has 2 aromatic heterocycles. The van der Waals surface area contributed by atoms with E-state index in [0.717, 1.165) is 12.8 Å². The average molecular weight is 412 g/mol. The summed E-state index contributed by atoms with van der Waals surface area (Å²) in [6.45, 7) is 4.42. The molecule has 148 valence electrons.